The van der Waals surface area contributed by atoms with Gasteiger partial charge in [0.1, 0.15) is 9.71 Å². The summed E-state index contributed by atoms with van der Waals surface area (Å²) in [6.07, 6.45) is -4.54. The van der Waals surface area contributed by atoms with Crippen LogP contribution in [-0.4, -0.2) is 22.4 Å². The first-order valence-corrected chi connectivity index (χ1v) is 5.87. The second-order valence-corrected chi connectivity index (χ2v) is 4.55. The Bertz CT molecular complexity index is 600. The average molecular weight is 278 g/mol. The summed E-state index contributed by atoms with van der Waals surface area (Å²) < 4.78 is 44.0. The summed E-state index contributed by atoms with van der Waals surface area (Å²) in [7, 11) is 1.41. The van der Waals surface area contributed by atoms with Crippen molar-refractivity contribution in [2.24, 2.45) is 7.05 Å². The van der Waals surface area contributed by atoms with Crippen LogP contribution < -0.4 is 0 Å². The third-order valence-electron chi connectivity index (χ3n) is 2.26. The molecule has 18 heavy (non-hydrogen) atoms. The molecule has 98 valence electrons. The van der Waals surface area contributed by atoms with Gasteiger partial charge in [-0.15, -0.1) is 11.3 Å². The summed E-state index contributed by atoms with van der Waals surface area (Å²) in [5.41, 5.74) is -0.980. The Kier molecular flexibility index (Phi) is 3.05. The monoisotopic (exact) mass is 278 g/mol. The molecular formula is C10H9F3N2O2S. The number of aromatic nitrogens is 2. The number of hydrogen-bond acceptors (Lipinski definition) is 4. The Balaban J connectivity index is 2.55. The standard InChI is InChI=1S/C10H9F3N2O2S/c1-3-17-9(16)6-4-5-7(10(11,12)13)14-15(2)8(5)18-6/h4H,3H2,1-2H3. The minimum Gasteiger partial charge on any atom is -0.462 e. The topological polar surface area (TPSA) is 44.1 Å². The molecule has 0 aliphatic rings. The number of thiophene rings is 1. The lowest BCUT2D eigenvalue weighted by Crippen LogP contribution is -2.07. The first-order valence-electron chi connectivity index (χ1n) is 5.05. The Hall–Kier alpha value is -1.57. The number of ether oxygens (including phenoxy) is 1. The average Bonchev–Trinajstić information content (AvgIpc) is 2.78. The first-order chi connectivity index (χ1) is 8.34. The van der Waals surface area contributed by atoms with Crippen LogP contribution in [0.4, 0.5) is 13.2 Å². The molecule has 0 N–H and O–H groups in total. The van der Waals surface area contributed by atoms with E-state index in [0.717, 1.165) is 16.0 Å². The second kappa shape index (κ2) is 4.27. The summed E-state index contributed by atoms with van der Waals surface area (Å²) in [5, 5.41) is 3.35. The third-order valence-corrected chi connectivity index (χ3v) is 3.44. The van der Waals surface area contributed by atoms with E-state index in [-0.39, 0.29) is 16.9 Å². The molecular weight excluding hydrogens is 269 g/mol. The number of nitrogens with zero attached hydrogens (tertiary/aromatic N) is 2. The number of rotatable bonds is 2. The SMILES string of the molecule is CCOC(=O)c1cc2c(C(F)(F)F)nn(C)c2s1. The summed E-state index contributed by atoms with van der Waals surface area (Å²) in [6, 6.07) is 1.17. The van der Waals surface area contributed by atoms with Gasteiger partial charge in [-0.2, -0.15) is 18.3 Å². The van der Waals surface area contributed by atoms with Crippen molar-refractivity contribution in [2.75, 3.05) is 6.61 Å². The van der Waals surface area contributed by atoms with Crippen molar-refractivity contribution in [1.82, 2.24) is 9.78 Å². The van der Waals surface area contributed by atoms with Crippen LogP contribution >= 0.6 is 11.3 Å². The van der Waals surface area contributed by atoms with Crippen LogP contribution in [0.2, 0.25) is 0 Å². The number of halogens is 3. The van der Waals surface area contributed by atoms with E-state index in [0.29, 0.717) is 4.83 Å². The van der Waals surface area contributed by atoms with Crippen molar-refractivity contribution < 1.29 is 22.7 Å². The highest BCUT2D eigenvalue weighted by molar-refractivity contribution is 7.20. The molecule has 2 rings (SSSR count). The van der Waals surface area contributed by atoms with Gasteiger partial charge in [-0.3, -0.25) is 4.68 Å². The molecule has 0 amide bonds. The maximum atomic E-state index is 12.7. The smallest absolute Gasteiger partial charge is 0.435 e. The molecule has 0 atom stereocenters. The number of carbonyl (C=O) groups excluding carboxylic acids is 1. The zero-order chi connectivity index (χ0) is 13.5. The van der Waals surface area contributed by atoms with Gasteiger partial charge in [0.2, 0.25) is 0 Å². The number of fused-ring (bicyclic) bond motifs is 1. The number of alkyl halides is 3. The van der Waals surface area contributed by atoms with Crippen LogP contribution in [0.3, 0.4) is 0 Å². The highest BCUT2D eigenvalue weighted by atomic mass is 32.1. The van der Waals surface area contributed by atoms with E-state index in [1.807, 2.05) is 0 Å². The van der Waals surface area contributed by atoms with Gasteiger partial charge in [0.05, 0.1) is 6.61 Å². The Morgan fingerprint density at radius 3 is 2.78 bits per heavy atom. The lowest BCUT2D eigenvalue weighted by atomic mass is 10.3. The highest BCUT2D eigenvalue weighted by Gasteiger charge is 2.37. The molecule has 0 spiro atoms. The van der Waals surface area contributed by atoms with E-state index in [1.165, 1.54) is 13.1 Å². The maximum Gasteiger partial charge on any atom is 0.435 e. The van der Waals surface area contributed by atoms with Crippen LogP contribution in [0.15, 0.2) is 6.07 Å². The zero-order valence-electron chi connectivity index (χ0n) is 9.54. The van der Waals surface area contributed by atoms with Gasteiger partial charge >= 0.3 is 12.1 Å². The molecule has 0 aliphatic heterocycles. The number of aryl methyl sites for hydroxylation is 1. The fourth-order valence-corrected chi connectivity index (χ4v) is 2.52. The minimum absolute atomic E-state index is 0.0712. The van der Waals surface area contributed by atoms with Gasteiger partial charge in [0, 0.05) is 12.4 Å². The number of esters is 1. The quantitative estimate of drug-likeness (QED) is 0.793. The Morgan fingerprint density at radius 2 is 2.22 bits per heavy atom. The predicted molar refractivity (Wildman–Crippen MR) is 59.5 cm³/mol. The molecule has 0 fully saturated rings. The van der Waals surface area contributed by atoms with Crippen molar-refractivity contribution in [3.8, 4) is 0 Å². The molecule has 0 unspecified atom stereocenters. The molecule has 4 nitrogen and oxygen atoms in total. The van der Waals surface area contributed by atoms with E-state index in [2.05, 4.69) is 5.10 Å². The molecule has 0 saturated heterocycles. The van der Waals surface area contributed by atoms with Crippen LogP contribution in [0, 0.1) is 0 Å². The molecule has 0 aromatic carbocycles. The van der Waals surface area contributed by atoms with Crippen LogP contribution in [0.1, 0.15) is 22.3 Å². The Morgan fingerprint density at radius 1 is 1.56 bits per heavy atom. The van der Waals surface area contributed by atoms with Crippen molar-refractivity contribution in [3.05, 3.63) is 16.6 Å². The van der Waals surface area contributed by atoms with E-state index in [1.54, 1.807) is 6.92 Å². The largest absolute Gasteiger partial charge is 0.462 e. The summed E-state index contributed by atoms with van der Waals surface area (Å²) in [4.78, 5) is 11.9. The summed E-state index contributed by atoms with van der Waals surface area (Å²) in [6.45, 7) is 1.81. The zero-order valence-corrected chi connectivity index (χ0v) is 10.4. The normalized spacial score (nSPS) is 12.1. The molecule has 2 aromatic rings. The molecule has 0 bridgehead atoms. The Labute approximate surface area is 104 Å². The van der Waals surface area contributed by atoms with Gasteiger partial charge in [-0.05, 0) is 13.0 Å². The maximum absolute atomic E-state index is 12.7. The molecule has 2 heterocycles. The predicted octanol–water partition coefficient (Wildman–Crippen LogP) is 2.83. The molecule has 8 heteroatoms. The molecule has 0 radical (unpaired) electrons. The van der Waals surface area contributed by atoms with Gasteiger partial charge in [0.15, 0.2) is 5.69 Å². The van der Waals surface area contributed by atoms with Gasteiger partial charge < -0.3 is 4.74 Å². The van der Waals surface area contributed by atoms with E-state index in [4.69, 9.17) is 4.74 Å². The minimum atomic E-state index is -4.54. The molecule has 0 saturated carbocycles. The number of carbonyl (C=O) groups is 1. The van der Waals surface area contributed by atoms with E-state index in [9.17, 15) is 18.0 Å². The highest BCUT2D eigenvalue weighted by Crippen LogP contribution is 2.37. The van der Waals surface area contributed by atoms with Gasteiger partial charge in [0.25, 0.3) is 0 Å². The van der Waals surface area contributed by atoms with Crippen molar-refractivity contribution in [2.45, 2.75) is 13.1 Å². The molecule has 0 aliphatic carbocycles. The summed E-state index contributed by atoms with van der Waals surface area (Å²) in [5.74, 6) is -0.619. The fraction of sp³-hybridized carbons (Fsp3) is 0.400. The van der Waals surface area contributed by atoms with Crippen LogP contribution in [0.5, 0.6) is 0 Å². The fourth-order valence-electron chi connectivity index (χ4n) is 1.55. The summed E-state index contributed by atoms with van der Waals surface area (Å²) >= 11 is 0.935. The van der Waals surface area contributed by atoms with E-state index >= 15 is 0 Å². The van der Waals surface area contributed by atoms with Gasteiger partial charge in [-0.1, -0.05) is 0 Å². The molecule has 2 aromatic heterocycles. The van der Waals surface area contributed by atoms with Crippen LogP contribution in [0.25, 0.3) is 10.2 Å². The van der Waals surface area contributed by atoms with Gasteiger partial charge in [-0.25, -0.2) is 4.79 Å². The van der Waals surface area contributed by atoms with Crippen molar-refractivity contribution >= 4 is 27.5 Å². The lowest BCUT2D eigenvalue weighted by molar-refractivity contribution is -0.140. The third kappa shape index (κ3) is 2.07. The first kappa shape index (κ1) is 12.9. The van der Waals surface area contributed by atoms with Crippen molar-refractivity contribution in [3.63, 3.8) is 0 Å². The number of hydrogen-bond donors (Lipinski definition) is 0. The lowest BCUT2D eigenvalue weighted by Gasteiger charge is -2.01. The van der Waals surface area contributed by atoms with E-state index < -0.39 is 17.8 Å². The second-order valence-electron chi connectivity index (χ2n) is 3.52. The van der Waals surface area contributed by atoms with Crippen LogP contribution in [-0.2, 0) is 18.0 Å². The van der Waals surface area contributed by atoms with Crippen molar-refractivity contribution in [1.29, 1.82) is 0 Å².